The summed E-state index contributed by atoms with van der Waals surface area (Å²) in [5, 5.41) is 3.05. The van der Waals surface area contributed by atoms with Crippen molar-refractivity contribution in [2.24, 2.45) is 5.73 Å². The largest absolute Gasteiger partial charge is 0.523 e. The Hall–Kier alpha value is -0.860. The van der Waals surface area contributed by atoms with Crippen LogP contribution in [0.15, 0.2) is 0 Å². The lowest BCUT2D eigenvalue weighted by atomic mass is 10.1. The molecule has 18 heavy (non-hydrogen) atoms. The molecule has 0 aromatic carbocycles. The monoisotopic (exact) mass is 269 g/mol. The number of alkyl halides is 3. The van der Waals surface area contributed by atoms with Crippen LogP contribution in [0.1, 0.15) is 19.3 Å². The summed E-state index contributed by atoms with van der Waals surface area (Å²) in [6, 6.07) is -0.192. The number of amides is 1. The van der Waals surface area contributed by atoms with Crippen molar-refractivity contribution in [3.05, 3.63) is 0 Å². The molecule has 1 aliphatic rings. The first-order valence-electron chi connectivity index (χ1n) is 5.72. The van der Waals surface area contributed by atoms with Crippen LogP contribution >= 0.6 is 0 Å². The minimum atomic E-state index is -4.60. The molecule has 1 heterocycles. The van der Waals surface area contributed by atoms with Gasteiger partial charge >= 0.3 is 6.36 Å². The lowest BCUT2D eigenvalue weighted by Crippen LogP contribution is -2.40. The quantitative estimate of drug-likeness (QED) is 0.685. The summed E-state index contributed by atoms with van der Waals surface area (Å²) in [7, 11) is 1.55. The molecule has 0 aromatic heterocycles. The number of rotatable bonds is 6. The van der Waals surface area contributed by atoms with Crippen molar-refractivity contribution in [1.29, 1.82) is 0 Å². The SMILES string of the molecule is CN(CCC1CCC(C(N)=O)N1)COC(F)(F)F. The summed E-state index contributed by atoms with van der Waals surface area (Å²) in [6.07, 6.45) is -2.46. The molecular formula is C10H18F3N3O2. The predicted octanol–water partition coefficient (Wildman–Crippen LogP) is 0.408. The van der Waals surface area contributed by atoms with Crippen LogP contribution in [-0.2, 0) is 9.53 Å². The molecule has 106 valence electrons. The zero-order valence-corrected chi connectivity index (χ0v) is 10.2. The Kier molecular flexibility index (Phi) is 5.36. The Bertz CT molecular complexity index is 286. The molecule has 0 aliphatic carbocycles. The Labute approximate surface area is 103 Å². The molecule has 2 atom stereocenters. The molecule has 0 saturated carbocycles. The number of nitrogens with two attached hydrogens (primary N) is 1. The van der Waals surface area contributed by atoms with E-state index in [9.17, 15) is 18.0 Å². The van der Waals surface area contributed by atoms with E-state index in [-0.39, 0.29) is 18.0 Å². The minimum Gasteiger partial charge on any atom is -0.368 e. The number of carbonyl (C=O) groups excluding carboxylic acids is 1. The maximum Gasteiger partial charge on any atom is 0.523 e. The van der Waals surface area contributed by atoms with Crippen LogP contribution in [0.2, 0.25) is 0 Å². The van der Waals surface area contributed by atoms with Gasteiger partial charge in [-0.25, -0.2) is 0 Å². The van der Waals surface area contributed by atoms with Crippen molar-refractivity contribution in [2.45, 2.75) is 37.7 Å². The van der Waals surface area contributed by atoms with Crippen molar-refractivity contribution in [1.82, 2.24) is 10.2 Å². The third-order valence-electron chi connectivity index (χ3n) is 2.89. The molecular weight excluding hydrogens is 251 g/mol. The van der Waals surface area contributed by atoms with E-state index in [1.165, 1.54) is 4.90 Å². The van der Waals surface area contributed by atoms with Gasteiger partial charge in [-0.3, -0.25) is 14.4 Å². The Balaban J connectivity index is 2.16. The van der Waals surface area contributed by atoms with Gasteiger partial charge in [-0.2, -0.15) is 0 Å². The lowest BCUT2D eigenvalue weighted by molar-refractivity contribution is -0.335. The van der Waals surface area contributed by atoms with E-state index in [0.717, 1.165) is 6.42 Å². The summed E-state index contributed by atoms with van der Waals surface area (Å²) in [4.78, 5) is 12.3. The van der Waals surface area contributed by atoms with Gasteiger partial charge < -0.3 is 11.1 Å². The Morgan fingerprint density at radius 1 is 1.50 bits per heavy atom. The first-order valence-corrected chi connectivity index (χ1v) is 5.72. The van der Waals surface area contributed by atoms with E-state index >= 15 is 0 Å². The van der Waals surface area contributed by atoms with Gasteiger partial charge in [0.25, 0.3) is 0 Å². The second kappa shape index (κ2) is 6.35. The predicted molar refractivity (Wildman–Crippen MR) is 58.4 cm³/mol. The zero-order valence-electron chi connectivity index (χ0n) is 10.2. The average molecular weight is 269 g/mol. The van der Waals surface area contributed by atoms with E-state index in [1.807, 2.05) is 0 Å². The molecule has 1 aliphatic heterocycles. The number of hydrogen-bond acceptors (Lipinski definition) is 4. The lowest BCUT2D eigenvalue weighted by Gasteiger charge is -2.20. The van der Waals surface area contributed by atoms with Crippen LogP contribution in [0, 0.1) is 0 Å². The van der Waals surface area contributed by atoms with Gasteiger partial charge in [-0.15, -0.1) is 13.2 Å². The van der Waals surface area contributed by atoms with E-state index in [2.05, 4.69) is 10.1 Å². The van der Waals surface area contributed by atoms with Gasteiger partial charge in [0.1, 0.15) is 6.73 Å². The fraction of sp³-hybridized carbons (Fsp3) is 0.900. The van der Waals surface area contributed by atoms with Gasteiger partial charge in [0.2, 0.25) is 5.91 Å². The number of primary amides is 1. The van der Waals surface area contributed by atoms with E-state index in [4.69, 9.17) is 5.73 Å². The Morgan fingerprint density at radius 3 is 2.67 bits per heavy atom. The molecule has 0 radical (unpaired) electrons. The molecule has 0 bridgehead atoms. The fourth-order valence-corrected chi connectivity index (χ4v) is 1.90. The molecule has 1 fully saturated rings. The summed E-state index contributed by atoms with van der Waals surface area (Å²) in [6.45, 7) is -0.0330. The highest BCUT2D eigenvalue weighted by Gasteiger charge is 2.30. The highest BCUT2D eigenvalue weighted by Crippen LogP contribution is 2.17. The topological polar surface area (TPSA) is 67.6 Å². The molecule has 0 spiro atoms. The molecule has 0 aromatic rings. The molecule has 3 N–H and O–H groups in total. The number of hydrogen-bond donors (Lipinski definition) is 2. The molecule has 2 unspecified atom stereocenters. The van der Waals surface area contributed by atoms with Crippen molar-refractivity contribution in [3.63, 3.8) is 0 Å². The first-order chi connectivity index (χ1) is 8.28. The van der Waals surface area contributed by atoms with Gasteiger partial charge in [0, 0.05) is 12.6 Å². The van der Waals surface area contributed by atoms with Crippen molar-refractivity contribution < 1.29 is 22.7 Å². The maximum absolute atomic E-state index is 11.8. The minimum absolute atomic E-state index is 0.121. The normalized spacial score (nSPS) is 24.7. The summed E-state index contributed by atoms with van der Waals surface area (Å²) < 4.78 is 39.1. The first kappa shape index (κ1) is 15.2. The highest BCUT2D eigenvalue weighted by molar-refractivity contribution is 5.80. The molecule has 5 nitrogen and oxygen atoms in total. The van der Waals surface area contributed by atoms with Crippen LogP contribution in [0.5, 0.6) is 0 Å². The van der Waals surface area contributed by atoms with E-state index < -0.39 is 13.1 Å². The van der Waals surface area contributed by atoms with E-state index in [0.29, 0.717) is 19.4 Å². The van der Waals surface area contributed by atoms with Crippen LogP contribution in [0.25, 0.3) is 0 Å². The smallest absolute Gasteiger partial charge is 0.368 e. The number of ether oxygens (including phenoxy) is 1. The van der Waals surface area contributed by atoms with Gasteiger partial charge in [-0.05, 0) is 26.3 Å². The Morgan fingerprint density at radius 2 is 2.17 bits per heavy atom. The number of halogens is 3. The summed E-state index contributed by atoms with van der Waals surface area (Å²) in [5.74, 6) is -0.383. The number of nitrogens with zero attached hydrogens (tertiary/aromatic N) is 1. The maximum atomic E-state index is 11.8. The summed E-state index contributed by atoms with van der Waals surface area (Å²) >= 11 is 0. The second-order valence-corrected chi connectivity index (χ2v) is 4.48. The third kappa shape index (κ3) is 5.65. The summed E-state index contributed by atoms with van der Waals surface area (Å²) in [5.41, 5.74) is 5.15. The van der Waals surface area contributed by atoms with Crippen LogP contribution in [-0.4, -0.2) is 49.6 Å². The van der Waals surface area contributed by atoms with Gasteiger partial charge in [0.15, 0.2) is 0 Å². The van der Waals surface area contributed by atoms with Crippen LogP contribution in [0.4, 0.5) is 13.2 Å². The van der Waals surface area contributed by atoms with Gasteiger partial charge in [-0.1, -0.05) is 0 Å². The van der Waals surface area contributed by atoms with Crippen LogP contribution < -0.4 is 11.1 Å². The van der Waals surface area contributed by atoms with Crippen LogP contribution in [0.3, 0.4) is 0 Å². The molecule has 1 rings (SSSR count). The molecule has 8 heteroatoms. The molecule has 1 amide bonds. The van der Waals surface area contributed by atoms with E-state index in [1.54, 1.807) is 7.05 Å². The van der Waals surface area contributed by atoms with Crippen molar-refractivity contribution >= 4 is 5.91 Å². The zero-order chi connectivity index (χ0) is 13.8. The van der Waals surface area contributed by atoms with Crippen molar-refractivity contribution in [2.75, 3.05) is 20.3 Å². The van der Waals surface area contributed by atoms with Gasteiger partial charge in [0.05, 0.1) is 6.04 Å². The highest BCUT2D eigenvalue weighted by atomic mass is 19.4. The fourth-order valence-electron chi connectivity index (χ4n) is 1.90. The number of carbonyl (C=O) groups is 1. The van der Waals surface area contributed by atoms with Crippen molar-refractivity contribution in [3.8, 4) is 0 Å². The third-order valence-corrected chi connectivity index (χ3v) is 2.89. The average Bonchev–Trinajstić information content (AvgIpc) is 2.71. The standard InChI is InChI=1S/C10H18F3N3O2/c1-16(6-18-10(11,12)13)5-4-7-2-3-8(15-7)9(14)17/h7-8,15H,2-6H2,1H3,(H2,14,17). The second-order valence-electron chi connectivity index (χ2n) is 4.48. The number of nitrogens with one attached hydrogen (secondary N) is 1. The molecule has 1 saturated heterocycles.